The second kappa shape index (κ2) is 4.94. The number of hydrogen-bond donors (Lipinski definition) is 1. The van der Waals surface area contributed by atoms with Gasteiger partial charge in [0.1, 0.15) is 0 Å². The summed E-state index contributed by atoms with van der Waals surface area (Å²) in [5, 5.41) is 9.15. The van der Waals surface area contributed by atoms with E-state index in [9.17, 15) is 4.79 Å². The van der Waals surface area contributed by atoms with Crippen molar-refractivity contribution in [3.05, 3.63) is 0 Å². The van der Waals surface area contributed by atoms with E-state index in [1.807, 2.05) is 0 Å². The third kappa shape index (κ3) is 2.63. The standard InChI is InChI=1S/C13H24N2O2/c1-9(2)14-5-4-11(7-14)15-6-10(3)12(8-15)13(16)17/h9-12H,4-8H2,1-3H3,(H,16,17)/t10-,11?,12-/m1/s1. The van der Waals surface area contributed by atoms with E-state index < -0.39 is 5.97 Å². The van der Waals surface area contributed by atoms with Crippen molar-refractivity contribution in [2.75, 3.05) is 26.2 Å². The SMILES string of the molecule is CC(C)N1CCC(N2C[C@@H](C)[C@H](C(=O)O)C2)C1. The number of hydrogen-bond acceptors (Lipinski definition) is 3. The van der Waals surface area contributed by atoms with Gasteiger partial charge >= 0.3 is 5.97 Å². The van der Waals surface area contributed by atoms with Gasteiger partial charge in [-0.15, -0.1) is 0 Å². The number of carbonyl (C=O) groups is 1. The van der Waals surface area contributed by atoms with Crippen LogP contribution in [-0.4, -0.2) is 59.1 Å². The number of rotatable bonds is 3. The first-order valence-electron chi connectivity index (χ1n) is 6.70. The van der Waals surface area contributed by atoms with E-state index in [0.717, 1.165) is 26.2 Å². The molecule has 3 atom stereocenters. The van der Waals surface area contributed by atoms with Gasteiger partial charge in [-0.05, 0) is 26.2 Å². The molecule has 0 aliphatic carbocycles. The minimum atomic E-state index is -0.626. The average molecular weight is 240 g/mol. The van der Waals surface area contributed by atoms with Crippen molar-refractivity contribution in [3.63, 3.8) is 0 Å². The predicted molar refractivity (Wildman–Crippen MR) is 67.0 cm³/mol. The lowest BCUT2D eigenvalue weighted by atomic mass is 9.99. The molecule has 2 heterocycles. The van der Waals surface area contributed by atoms with Gasteiger partial charge in [-0.3, -0.25) is 14.6 Å². The van der Waals surface area contributed by atoms with Gasteiger partial charge in [0.25, 0.3) is 0 Å². The molecule has 0 aromatic heterocycles. The van der Waals surface area contributed by atoms with Crippen LogP contribution in [0.1, 0.15) is 27.2 Å². The lowest BCUT2D eigenvalue weighted by Gasteiger charge is -2.25. The summed E-state index contributed by atoms with van der Waals surface area (Å²) in [6.45, 7) is 10.5. The first kappa shape index (κ1) is 12.8. The largest absolute Gasteiger partial charge is 0.481 e. The van der Waals surface area contributed by atoms with E-state index in [4.69, 9.17) is 5.11 Å². The summed E-state index contributed by atoms with van der Waals surface area (Å²) in [4.78, 5) is 16.0. The molecule has 0 aromatic carbocycles. The fraction of sp³-hybridized carbons (Fsp3) is 0.923. The zero-order valence-electron chi connectivity index (χ0n) is 11.1. The highest BCUT2D eigenvalue weighted by atomic mass is 16.4. The Bertz CT molecular complexity index is 293. The summed E-state index contributed by atoms with van der Waals surface area (Å²) in [6, 6.07) is 1.18. The maximum Gasteiger partial charge on any atom is 0.308 e. The van der Waals surface area contributed by atoms with Crippen molar-refractivity contribution in [2.24, 2.45) is 11.8 Å². The molecular weight excluding hydrogens is 216 g/mol. The Morgan fingerprint density at radius 2 is 2.00 bits per heavy atom. The van der Waals surface area contributed by atoms with Gasteiger partial charge in [0.2, 0.25) is 0 Å². The van der Waals surface area contributed by atoms with Crippen LogP contribution in [0.25, 0.3) is 0 Å². The highest BCUT2D eigenvalue weighted by Gasteiger charge is 2.39. The minimum absolute atomic E-state index is 0.164. The van der Waals surface area contributed by atoms with E-state index in [2.05, 4.69) is 30.6 Å². The number of carboxylic acids is 1. The lowest BCUT2D eigenvalue weighted by molar-refractivity contribution is -0.142. The number of carboxylic acid groups (broad SMARTS) is 1. The van der Waals surface area contributed by atoms with E-state index >= 15 is 0 Å². The quantitative estimate of drug-likeness (QED) is 0.803. The summed E-state index contributed by atoms with van der Waals surface area (Å²) >= 11 is 0. The Labute approximate surface area is 104 Å². The zero-order valence-corrected chi connectivity index (χ0v) is 11.1. The smallest absolute Gasteiger partial charge is 0.308 e. The molecule has 4 heteroatoms. The molecule has 0 saturated carbocycles. The van der Waals surface area contributed by atoms with Crippen molar-refractivity contribution < 1.29 is 9.90 Å². The van der Waals surface area contributed by atoms with Crippen molar-refractivity contribution >= 4 is 5.97 Å². The third-order valence-corrected chi connectivity index (χ3v) is 4.40. The van der Waals surface area contributed by atoms with Gasteiger partial charge < -0.3 is 5.11 Å². The number of nitrogens with zero attached hydrogens (tertiary/aromatic N) is 2. The molecule has 2 saturated heterocycles. The topological polar surface area (TPSA) is 43.8 Å². The predicted octanol–water partition coefficient (Wildman–Crippen LogP) is 1.12. The molecular formula is C13H24N2O2. The molecule has 2 aliphatic heterocycles. The lowest BCUT2D eigenvalue weighted by Crippen LogP contribution is -2.38. The van der Waals surface area contributed by atoms with E-state index in [-0.39, 0.29) is 5.92 Å². The van der Waals surface area contributed by atoms with Crippen LogP contribution in [0.2, 0.25) is 0 Å². The molecule has 2 fully saturated rings. The van der Waals surface area contributed by atoms with Gasteiger partial charge in [0, 0.05) is 38.3 Å². The first-order chi connectivity index (χ1) is 7.99. The summed E-state index contributed by atoms with van der Waals surface area (Å²) in [6.07, 6.45) is 1.19. The molecule has 2 aliphatic rings. The summed E-state index contributed by atoms with van der Waals surface area (Å²) in [5.74, 6) is -0.498. The van der Waals surface area contributed by atoms with Crippen molar-refractivity contribution in [1.29, 1.82) is 0 Å². The van der Waals surface area contributed by atoms with Crippen LogP contribution >= 0.6 is 0 Å². The molecule has 2 rings (SSSR count). The van der Waals surface area contributed by atoms with Crippen LogP contribution < -0.4 is 0 Å². The first-order valence-corrected chi connectivity index (χ1v) is 6.70. The summed E-state index contributed by atoms with van der Waals surface area (Å²) < 4.78 is 0. The van der Waals surface area contributed by atoms with Crippen LogP contribution in [0.4, 0.5) is 0 Å². The summed E-state index contributed by atoms with van der Waals surface area (Å²) in [7, 11) is 0. The molecule has 0 aromatic rings. The summed E-state index contributed by atoms with van der Waals surface area (Å²) in [5.41, 5.74) is 0. The molecule has 0 amide bonds. The Kier molecular flexibility index (Phi) is 3.73. The number of aliphatic carboxylic acids is 1. The second-order valence-electron chi connectivity index (χ2n) is 5.91. The molecule has 1 N–H and O–H groups in total. The monoisotopic (exact) mass is 240 g/mol. The molecule has 4 nitrogen and oxygen atoms in total. The maximum atomic E-state index is 11.1. The van der Waals surface area contributed by atoms with Crippen molar-refractivity contribution in [3.8, 4) is 0 Å². The van der Waals surface area contributed by atoms with Gasteiger partial charge in [0.15, 0.2) is 0 Å². The Balaban J connectivity index is 1.91. The molecule has 98 valence electrons. The van der Waals surface area contributed by atoms with Crippen molar-refractivity contribution in [1.82, 2.24) is 9.80 Å². The fourth-order valence-corrected chi connectivity index (χ4v) is 3.16. The molecule has 1 unspecified atom stereocenters. The van der Waals surface area contributed by atoms with E-state index in [0.29, 0.717) is 18.0 Å². The molecule has 0 spiro atoms. The van der Waals surface area contributed by atoms with Gasteiger partial charge in [0.05, 0.1) is 5.92 Å². The van der Waals surface area contributed by atoms with Gasteiger partial charge in [-0.2, -0.15) is 0 Å². The average Bonchev–Trinajstić information content (AvgIpc) is 2.82. The highest BCUT2D eigenvalue weighted by Crippen LogP contribution is 2.28. The van der Waals surface area contributed by atoms with Crippen LogP contribution in [0, 0.1) is 11.8 Å². The molecule has 0 radical (unpaired) electrons. The normalized spacial score (nSPS) is 35.9. The number of likely N-dealkylation sites (tertiary alicyclic amines) is 2. The Hall–Kier alpha value is -0.610. The highest BCUT2D eigenvalue weighted by molar-refractivity contribution is 5.71. The third-order valence-electron chi connectivity index (χ3n) is 4.40. The van der Waals surface area contributed by atoms with Crippen molar-refractivity contribution in [2.45, 2.75) is 39.3 Å². The van der Waals surface area contributed by atoms with Crippen LogP contribution in [0.5, 0.6) is 0 Å². The van der Waals surface area contributed by atoms with Crippen LogP contribution in [-0.2, 0) is 4.79 Å². The fourth-order valence-electron chi connectivity index (χ4n) is 3.16. The van der Waals surface area contributed by atoms with E-state index in [1.54, 1.807) is 0 Å². The van der Waals surface area contributed by atoms with Gasteiger partial charge in [-0.25, -0.2) is 0 Å². The Morgan fingerprint density at radius 1 is 1.29 bits per heavy atom. The maximum absolute atomic E-state index is 11.1. The molecule has 17 heavy (non-hydrogen) atoms. The Morgan fingerprint density at radius 3 is 2.47 bits per heavy atom. The zero-order chi connectivity index (χ0) is 12.6. The van der Waals surface area contributed by atoms with Crippen LogP contribution in [0.3, 0.4) is 0 Å². The van der Waals surface area contributed by atoms with Gasteiger partial charge in [-0.1, -0.05) is 6.92 Å². The van der Waals surface area contributed by atoms with E-state index in [1.165, 1.54) is 6.42 Å². The molecule has 0 bridgehead atoms. The second-order valence-corrected chi connectivity index (χ2v) is 5.91. The minimum Gasteiger partial charge on any atom is -0.481 e. The van der Waals surface area contributed by atoms with Crippen LogP contribution in [0.15, 0.2) is 0 Å².